The Morgan fingerprint density at radius 2 is 2.20 bits per heavy atom. The zero-order valence-corrected chi connectivity index (χ0v) is 6.40. The lowest BCUT2D eigenvalue weighted by molar-refractivity contribution is 0.327. The molecule has 2 aliphatic rings. The molecule has 1 N–H and O–H groups in total. The van der Waals surface area contributed by atoms with Crippen molar-refractivity contribution >= 4 is 0 Å². The molecule has 1 aliphatic carbocycles. The fourth-order valence-electron chi connectivity index (χ4n) is 2.10. The zero-order valence-electron chi connectivity index (χ0n) is 6.40. The molecule has 1 heterocycles. The van der Waals surface area contributed by atoms with Crippen LogP contribution in [0, 0.1) is 18.4 Å². The lowest BCUT2D eigenvalue weighted by Crippen LogP contribution is -2.22. The third kappa shape index (κ3) is 1.07. The van der Waals surface area contributed by atoms with E-state index >= 15 is 0 Å². The molecule has 0 aromatic rings. The smallest absolute Gasteiger partial charge is 0.0286 e. The highest BCUT2D eigenvalue weighted by Gasteiger charge is 2.35. The predicted molar refractivity (Wildman–Crippen MR) is 42.1 cm³/mol. The van der Waals surface area contributed by atoms with Crippen molar-refractivity contribution < 1.29 is 0 Å². The summed E-state index contributed by atoms with van der Waals surface area (Å²) in [4.78, 5) is 0. The van der Waals surface area contributed by atoms with Crippen molar-refractivity contribution in [1.29, 1.82) is 0 Å². The molecule has 1 aliphatic heterocycles. The molecule has 1 saturated carbocycles. The van der Waals surface area contributed by atoms with Crippen LogP contribution in [0.15, 0.2) is 0 Å². The van der Waals surface area contributed by atoms with Crippen molar-refractivity contribution in [2.75, 3.05) is 6.54 Å². The molecule has 1 spiro atoms. The van der Waals surface area contributed by atoms with E-state index < -0.39 is 0 Å². The van der Waals surface area contributed by atoms with Gasteiger partial charge >= 0.3 is 0 Å². The maximum absolute atomic E-state index is 3.33. The van der Waals surface area contributed by atoms with Crippen molar-refractivity contribution in [2.24, 2.45) is 5.41 Å². The Hall–Kier alpha value is -0.0400. The van der Waals surface area contributed by atoms with E-state index in [1.165, 1.54) is 38.6 Å². The molecule has 1 atom stereocenters. The fourth-order valence-corrected chi connectivity index (χ4v) is 2.10. The summed E-state index contributed by atoms with van der Waals surface area (Å²) in [6, 6.07) is 0. The zero-order chi connectivity index (χ0) is 6.86. The maximum Gasteiger partial charge on any atom is 0.0286 e. The summed E-state index contributed by atoms with van der Waals surface area (Å²) in [5.41, 5.74) is 0.512. The van der Waals surface area contributed by atoms with Gasteiger partial charge in [0.15, 0.2) is 0 Å². The number of nitrogens with one attached hydrogen (secondary N) is 1. The molecule has 1 saturated heterocycles. The van der Waals surface area contributed by atoms with Gasteiger partial charge < -0.3 is 5.32 Å². The van der Waals surface area contributed by atoms with Crippen molar-refractivity contribution in [3.63, 3.8) is 0 Å². The summed E-state index contributed by atoms with van der Waals surface area (Å²) in [5.74, 6) is 0. The van der Waals surface area contributed by atoms with E-state index in [-0.39, 0.29) is 0 Å². The minimum Gasteiger partial charge on any atom is -0.312 e. The Kier molecular flexibility index (Phi) is 1.69. The molecule has 0 bridgehead atoms. The van der Waals surface area contributed by atoms with Gasteiger partial charge in [-0.2, -0.15) is 0 Å². The minimum atomic E-state index is 0.512. The molecule has 1 heteroatoms. The normalized spacial score (nSPS) is 31.2. The molecule has 0 aromatic heterocycles. The number of hydrogen-bond donors (Lipinski definition) is 1. The lowest BCUT2D eigenvalue weighted by atomic mass is 9.74. The van der Waals surface area contributed by atoms with Crippen LogP contribution in [0.25, 0.3) is 0 Å². The SMILES string of the molecule is [CH]1CCCCC12[CH]NCC2. The first kappa shape index (κ1) is 6.66. The van der Waals surface area contributed by atoms with Crippen LogP contribution >= 0.6 is 0 Å². The first-order chi connectivity index (χ1) is 4.91. The lowest BCUT2D eigenvalue weighted by Gasteiger charge is -2.31. The molecule has 1 unspecified atom stereocenters. The monoisotopic (exact) mass is 137 g/mol. The van der Waals surface area contributed by atoms with E-state index in [1.807, 2.05) is 0 Å². The van der Waals surface area contributed by atoms with Crippen LogP contribution < -0.4 is 5.32 Å². The fraction of sp³-hybridized carbons (Fsp3) is 0.778. The van der Waals surface area contributed by atoms with Crippen LogP contribution in [0.1, 0.15) is 32.1 Å². The molecule has 0 amide bonds. The standard InChI is InChI=1S/C9H15N/c1-2-4-9(5-3-1)6-7-10-8-9/h4,8,10H,1-3,5-7H2. The highest BCUT2D eigenvalue weighted by Crippen LogP contribution is 2.42. The summed E-state index contributed by atoms with van der Waals surface area (Å²) >= 11 is 0. The summed E-state index contributed by atoms with van der Waals surface area (Å²) in [6.07, 6.45) is 9.41. The van der Waals surface area contributed by atoms with Gasteiger partial charge in [0.2, 0.25) is 0 Å². The molecule has 56 valence electrons. The van der Waals surface area contributed by atoms with E-state index in [4.69, 9.17) is 0 Å². The first-order valence-corrected chi connectivity index (χ1v) is 4.33. The van der Waals surface area contributed by atoms with E-state index in [0.29, 0.717) is 5.41 Å². The summed E-state index contributed by atoms with van der Waals surface area (Å²) < 4.78 is 0. The van der Waals surface area contributed by atoms with Gasteiger partial charge in [-0.1, -0.05) is 12.8 Å². The van der Waals surface area contributed by atoms with E-state index in [0.717, 1.165) is 0 Å². The van der Waals surface area contributed by atoms with Crippen LogP contribution in [0.3, 0.4) is 0 Å². The van der Waals surface area contributed by atoms with Gasteiger partial charge in [-0.3, -0.25) is 0 Å². The second kappa shape index (κ2) is 2.54. The van der Waals surface area contributed by atoms with Gasteiger partial charge in [-0.05, 0) is 37.6 Å². The summed E-state index contributed by atoms with van der Waals surface area (Å²) in [5, 5.41) is 3.33. The van der Waals surface area contributed by atoms with Crippen LogP contribution in [0.2, 0.25) is 0 Å². The second-order valence-electron chi connectivity index (χ2n) is 3.53. The van der Waals surface area contributed by atoms with Gasteiger partial charge in [0, 0.05) is 6.54 Å². The average molecular weight is 137 g/mol. The van der Waals surface area contributed by atoms with Crippen molar-refractivity contribution in [3.8, 4) is 0 Å². The molecule has 10 heavy (non-hydrogen) atoms. The molecular formula is C9H15N. The Morgan fingerprint density at radius 3 is 2.80 bits per heavy atom. The van der Waals surface area contributed by atoms with E-state index in [1.54, 1.807) is 0 Å². The Balaban J connectivity index is 1.98. The highest BCUT2D eigenvalue weighted by molar-refractivity contribution is 5.07. The largest absolute Gasteiger partial charge is 0.312 e. The van der Waals surface area contributed by atoms with Crippen LogP contribution in [0.4, 0.5) is 0 Å². The van der Waals surface area contributed by atoms with Gasteiger partial charge in [0.1, 0.15) is 0 Å². The minimum absolute atomic E-state index is 0.512. The third-order valence-electron chi connectivity index (χ3n) is 2.77. The highest BCUT2D eigenvalue weighted by atomic mass is 14.9. The molecule has 2 rings (SSSR count). The molecule has 1 nitrogen and oxygen atoms in total. The molecular weight excluding hydrogens is 122 g/mol. The van der Waals surface area contributed by atoms with E-state index in [2.05, 4.69) is 18.3 Å². The van der Waals surface area contributed by atoms with Gasteiger partial charge in [-0.25, -0.2) is 0 Å². The van der Waals surface area contributed by atoms with Gasteiger partial charge in [-0.15, -0.1) is 0 Å². The topological polar surface area (TPSA) is 12.0 Å². The molecule has 0 aromatic carbocycles. The first-order valence-electron chi connectivity index (χ1n) is 4.33. The Labute approximate surface area is 63.2 Å². The van der Waals surface area contributed by atoms with E-state index in [9.17, 15) is 0 Å². The van der Waals surface area contributed by atoms with Gasteiger partial charge in [0.25, 0.3) is 0 Å². The Bertz CT molecular complexity index is 106. The quantitative estimate of drug-likeness (QED) is 0.537. The second-order valence-corrected chi connectivity index (χ2v) is 3.53. The third-order valence-corrected chi connectivity index (χ3v) is 2.77. The van der Waals surface area contributed by atoms with Gasteiger partial charge in [0.05, 0.1) is 0 Å². The summed E-state index contributed by atoms with van der Waals surface area (Å²) in [7, 11) is 0. The van der Waals surface area contributed by atoms with Crippen molar-refractivity contribution in [3.05, 3.63) is 13.0 Å². The van der Waals surface area contributed by atoms with Crippen LogP contribution in [-0.4, -0.2) is 6.54 Å². The molecule has 2 radical (unpaired) electrons. The van der Waals surface area contributed by atoms with Crippen LogP contribution in [-0.2, 0) is 0 Å². The number of hydrogen-bond acceptors (Lipinski definition) is 1. The maximum atomic E-state index is 3.33. The summed E-state index contributed by atoms with van der Waals surface area (Å²) in [6.45, 7) is 3.50. The molecule has 2 fully saturated rings. The Morgan fingerprint density at radius 1 is 1.20 bits per heavy atom. The number of rotatable bonds is 0. The average Bonchev–Trinajstić information content (AvgIpc) is 2.39. The van der Waals surface area contributed by atoms with Crippen LogP contribution in [0.5, 0.6) is 0 Å². The van der Waals surface area contributed by atoms with Crippen molar-refractivity contribution in [2.45, 2.75) is 32.1 Å². The predicted octanol–water partition coefficient (Wildman–Crippen LogP) is 1.91. The van der Waals surface area contributed by atoms with Crippen molar-refractivity contribution in [1.82, 2.24) is 5.32 Å².